The third-order valence-electron chi connectivity index (χ3n) is 3.22. The van der Waals surface area contributed by atoms with E-state index in [2.05, 4.69) is 9.97 Å². The molecule has 5 nitrogen and oxygen atoms in total. The highest BCUT2D eigenvalue weighted by atomic mass is 35.5. The Morgan fingerprint density at radius 3 is 2.86 bits per heavy atom. The minimum Gasteiger partial charge on any atom is -0.472 e. The molecule has 110 valence electrons. The van der Waals surface area contributed by atoms with Crippen LogP contribution in [0.25, 0.3) is 0 Å². The first-order chi connectivity index (χ1) is 10.2. The molecule has 1 aromatic carbocycles. The predicted octanol–water partition coefficient (Wildman–Crippen LogP) is 3.31. The SMILES string of the molecule is CCc1nc(Cl)c(C)c(OCc2ccc3c(c2)OCO3)n1. The zero-order valence-electron chi connectivity index (χ0n) is 11.9. The highest BCUT2D eigenvalue weighted by molar-refractivity contribution is 6.30. The summed E-state index contributed by atoms with van der Waals surface area (Å²) in [6.45, 7) is 4.47. The molecule has 1 aliphatic heterocycles. The van der Waals surface area contributed by atoms with Crippen molar-refractivity contribution < 1.29 is 14.2 Å². The van der Waals surface area contributed by atoms with Crippen LogP contribution in [0, 0.1) is 6.92 Å². The zero-order valence-corrected chi connectivity index (χ0v) is 12.6. The average molecular weight is 307 g/mol. The number of aromatic nitrogens is 2. The molecule has 1 aromatic heterocycles. The van der Waals surface area contributed by atoms with Gasteiger partial charge in [-0.15, -0.1) is 0 Å². The highest BCUT2D eigenvalue weighted by Crippen LogP contribution is 2.33. The van der Waals surface area contributed by atoms with Gasteiger partial charge in [-0.3, -0.25) is 0 Å². The van der Waals surface area contributed by atoms with Crippen molar-refractivity contribution >= 4 is 11.6 Å². The van der Waals surface area contributed by atoms with Gasteiger partial charge in [0.25, 0.3) is 0 Å². The average Bonchev–Trinajstić information content (AvgIpc) is 2.96. The summed E-state index contributed by atoms with van der Waals surface area (Å²) in [7, 11) is 0. The van der Waals surface area contributed by atoms with Crippen molar-refractivity contribution in [2.75, 3.05) is 6.79 Å². The summed E-state index contributed by atoms with van der Waals surface area (Å²) >= 11 is 6.09. The lowest BCUT2D eigenvalue weighted by Gasteiger charge is -2.10. The van der Waals surface area contributed by atoms with Crippen molar-refractivity contribution in [1.82, 2.24) is 9.97 Å². The smallest absolute Gasteiger partial charge is 0.231 e. The highest BCUT2D eigenvalue weighted by Gasteiger charge is 2.14. The van der Waals surface area contributed by atoms with E-state index < -0.39 is 0 Å². The van der Waals surface area contributed by atoms with Crippen LogP contribution in [0.5, 0.6) is 17.4 Å². The molecule has 0 bridgehead atoms. The third kappa shape index (κ3) is 2.88. The Morgan fingerprint density at radius 1 is 1.24 bits per heavy atom. The van der Waals surface area contributed by atoms with Gasteiger partial charge in [-0.25, -0.2) is 4.98 Å². The van der Waals surface area contributed by atoms with Gasteiger partial charge >= 0.3 is 0 Å². The van der Waals surface area contributed by atoms with Crippen LogP contribution in [0.1, 0.15) is 23.9 Å². The zero-order chi connectivity index (χ0) is 14.8. The molecular formula is C15H15ClN2O3. The number of ether oxygens (including phenoxy) is 3. The molecule has 0 N–H and O–H groups in total. The van der Waals surface area contributed by atoms with Crippen molar-refractivity contribution in [3.63, 3.8) is 0 Å². The molecule has 2 heterocycles. The minimum atomic E-state index is 0.264. The number of rotatable bonds is 4. The molecule has 0 saturated heterocycles. The summed E-state index contributed by atoms with van der Waals surface area (Å²) in [5.41, 5.74) is 1.72. The van der Waals surface area contributed by atoms with Gasteiger partial charge in [-0.2, -0.15) is 4.98 Å². The van der Waals surface area contributed by atoms with E-state index in [0.29, 0.717) is 29.9 Å². The Balaban J connectivity index is 1.77. The summed E-state index contributed by atoms with van der Waals surface area (Å²) in [6.07, 6.45) is 0.709. The number of hydrogen-bond acceptors (Lipinski definition) is 5. The van der Waals surface area contributed by atoms with Gasteiger partial charge in [0.1, 0.15) is 17.6 Å². The Bertz CT molecular complexity index is 676. The fourth-order valence-electron chi connectivity index (χ4n) is 1.99. The molecule has 0 aliphatic carbocycles. The van der Waals surface area contributed by atoms with E-state index in [4.69, 9.17) is 25.8 Å². The molecule has 0 spiro atoms. The Labute approximate surface area is 127 Å². The summed E-state index contributed by atoms with van der Waals surface area (Å²) < 4.78 is 16.4. The van der Waals surface area contributed by atoms with Crippen molar-refractivity contribution in [1.29, 1.82) is 0 Å². The number of nitrogens with zero attached hydrogens (tertiary/aromatic N) is 2. The van der Waals surface area contributed by atoms with E-state index in [-0.39, 0.29) is 6.79 Å². The van der Waals surface area contributed by atoms with Crippen molar-refractivity contribution in [2.24, 2.45) is 0 Å². The second-order valence-electron chi connectivity index (χ2n) is 4.69. The molecule has 21 heavy (non-hydrogen) atoms. The first-order valence-electron chi connectivity index (χ1n) is 6.71. The van der Waals surface area contributed by atoms with Crippen LogP contribution in [0.2, 0.25) is 5.15 Å². The van der Waals surface area contributed by atoms with Crippen LogP contribution in [-0.2, 0) is 13.0 Å². The summed E-state index contributed by atoms with van der Waals surface area (Å²) in [5, 5.41) is 0.433. The van der Waals surface area contributed by atoms with Gasteiger partial charge in [0, 0.05) is 12.0 Å². The molecule has 0 amide bonds. The summed E-state index contributed by atoms with van der Waals surface area (Å²) in [6, 6.07) is 5.71. The second-order valence-corrected chi connectivity index (χ2v) is 5.05. The maximum absolute atomic E-state index is 6.09. The van der Waals surface area contributed by atoms with E-state index >= 15 is 0 Å². The molecule has 3 rings (SSSR count). The van der Waals surface area contributed by atoms with Crippen LogP contribution >= 0.6 is 11.6 Å². The molecular weight excluding hydrogens is 292 g/mol. The van der Waals surface area contributed by atoms with Crippen molar-refractivity contribution in [3.8, 4) is 17.4 Å². The van der Waals surface area contributed by atoms with E-state index in [0.717, 1.165) is 22.6 Å². The minimum absolute atomic E-state index is 0.264. The second kappa shape index (κ2) is 5.77. The van der Waals surface area contributed by atoms with E-state index in [1.54, 1.807) is 0 Å². The quantitative estimate of drug-likeness (QED) is 0.811. The molecule has 2 aromatic rings. The van der Waals surface area contributed by atoms with Crippen LogP contribution in [0.15, 0.2) is 18.2 Å². The van der Waals surface area contributed by atoms with Crippen molar-refractivity contribution in [2.45, 2.75) is 26.9 Å². The van der Waals surface area contributed by atoms with E-state index in [9.17, 15) is 0 Å². The molecule has 6 heteroatoms. The van der Waals surface area contributed by atoms with Gasteiger partial charge in [-0.05, 0) is 24.6 Å². The van der Waals surface area contributed by atoms with Gasteiger partial charge in [0.2, 0.25) is 12.7 Å². The number of hydrogen-bond donors (Lipinski definition) is 0. The van der Waals surface area contributed by atoms with Crippen LogP contribution < -0.4 is 14.2 Å². The van der Waals surface area contributed by atoms with Crippen LogP contribution in [-0.4, -0.2) is 16.8 Å². The first-order valence-corrected chi connectivity index (χ1v) is 7.09. The largest absolute Gasteiger partial charge is 0.472 e. The fourth-order valence-corrected chi connectivity index (χ4v) is 2.17. The van der Waals surface area contributed by atoms with Crippen molar-refractivity contribution in [3.05, 3.63) is 40.3 Å². The summed E-state index contributed by atoms with van der Waals surface area (Å²) in [4.78, 5) is 8.56. The maximum Gasteiger partial charge on any atom is 0.231 e. The lowest BCUT2D eigenvalue weighted by Crippen LogP contribution is -2.04. The Hall–Kier alpha value is -2.01. The number of halogens is 1. The maximum atomic E-state index is 6.09. The lowest BCUT2D eigenvalue weighted by molar-refractivity contribution is 0.174. The fraction of sp³-hybridized carbons (Fsp3) is 0.333. The van der Waals surface area contributed by atoms with Crippen LogP contribution in [0.4, 0.5) is 0 Å². The molecule has 0 saturated carbocycles. The number of fused-ring (bicyclic) bond motifs is 1. The molecule has 0 fully saturated rings. The van der Waals surface area contributed by atoms with Gasteiger partial charge in [-0.1, -0.05) is 24.6 Å². The third-order valence-corrected chi connectivity index (χ3v) is 3.58. The molecule has 1 aliphatic rings. The summed E-state index contributed by atoms with van der Waals surface area (Å²) in [5.74, 6) is 2.69. The van der Waals surface area contributed by atoms with E-state index in [1.807, 2.05) is 32.0 Å². The molecule has 0 radical (unpaired) electrons. The standard InChI is InChI=1S/C15H15ClN2O3/c1-3-13-17-14(16)9(2)15(18-13)19-7-10-4-5-11-12(6-10)21-8-20-11/h4-6H,3,7-8H2,1-2H3. The molecule has 0 atom stereocenters. The van der Waals surface area contributed by atoms with Crippen LogP contribution in [0.3, 0.4) is 0 Å². The van der Waals surface area contributed by atoms with Gasteiger partial charge in [0.05, 0.1) is 0 Å². The Morgan fingerprint density at radius 2 is 2.05 bits per heavy atom. The molecule has 0 unspecified atom stereocenters. The monoisotopic (exact) mass is 306 g/mol. The first kappa shape index (κ1) is 13.9. The van der Waals surface area contributed by atoms with E-state index in [1.165, 1.54) is 0 Å². The van der Waals surface area contributed by atoms with Gasteiger partial charge in [0.15, 0.2) is 11.5 Å². The lowest BCUT2D eigenvalue weighted by atomic mass is 10.2. The predicted molar refractivity (Wildman–Crippen MR) is 78.1 cm³/mol. The topological polar surface area (TPSA) is 53.5 Å². The number of benzene rings is 1. The number of aryl methyl sites for hydroxylation is 1. The Kier molecular flexibility index (Phi) is 3.84. The van der Waals surface area contributed by atoms with Gasteiger partial charge < -0.3 is 14.2 Å². The normalized spacial score (nSPS) is 12.5.